The topological polar surface area (TPSA) is 88.2 Å². The molecule has 1 N–H and O–H groups in total. The minimum Gasteiger partial charge on any atom is -0.454 e. The molecular weight excluding hydrogens is 430 g/mol. The molecule has 1 atom stereocenters. The van der Waals surface area contributed by atoms with Crippen LogP contribution in [0.3, 0.4) is 0 Å². The van der Waals surface area contributed by atoms with Crippen LogP contribution in [0.1, 0.15) is 35.4 Å². The standard InChI is InChI=1S/C23H25N3O5S/c27-21(24-16-5-6-18-19(13-16)31-14-30-18)15-7-10-25(11-8-15)22(28)17-3-1-9-26(17)23(29)20-4-2-12-32-20/h2,4-6,12-13,15,17H,1,3,7-11,14H2,(H,24,27)/t17-/m1/s1. The van der Waals surface area contributed by atoms with E-state index in [2.05, 4.69) is 5.32 Å². The number of hydrogen-bond acceptors (Lipinski definition) is 6. The van der Waals surface area contributed by atoms with Crippen molar-refractivity contribution >= 4 is 34.7 Å². The smallest absolute Gasteiger partial charge is 0.264 e. The van der Waals surface area contributed by atoms with Crippen molar-refractivity contribution in [3.63, 3.8) is 0 Å². The largest absolute Gasteiger partial charge is 0.454 e. The second-order valence-electron chi connectivity index (χ2n) is 8.29. The van der Waals surface area contributed by atoms with E-state index in [1.807, 2.05) is 16.3 Å². The van der Waals surface area contributed by atoms with Gasteiger partial charge in [0.15, 0.2) is 11.5 Å². The SMILES string of the molecule is O=C(Nc1ccc2c(c1)OCO2)C1CCN(C(=O)[C@H]2CCCN2C(=O)c2cccs2)CC1. The average Bonchev–Trinajstić information content (AvgIpc) is 3.59. The van der Waals surface area contributed by atoms with Crippen LogP contribution >= 0.6 is 11.3 Å². The number of likely N-dealkylation sites (tertiary alicyclic amines) is 2. The van der Waals surface area contributed by atoms with Gasteiger partial charge in [-0.1, -0.05) is 6.07 Å². The summed E-state index contributed by atoms with van der Waals surface area (Å²) in [5, 5.41) is 4.82. The fourth-order valence-corrected chi connectivity index (χ4v) is 5.28. The van der Waals surface area contributed by atoms with Gasteiger partial charge in [0.2, 0.25) is 18.6 Å². The summed E-state index contributed by atoms with van der Waals surface area (Å²) in [5.74, 6) is 1.04. The van der Waals surface area contributed by atoms with Crippen molar-refractivity contribution in [3.05, 3.63) is 40.6 Å². The summed E-state index contributed by atoms with van der Waals surface area (Å²) in [4.78, 5) is 42.9. The molecule has 0 aliphatic carbocycles. The van der Waals surface area contributed by atoms with Gasteiger partial charge in [0.1, 0.15) is 6.04 Å². The number of hydrogen-bond donors (Lipinski definition) is 1. The van der Waals surface area contributed by atoms with Crippen LogP contribution in [-0.4, -0.2) is 60.0 Å². The zero-order valence-electron chi connectivity index (χ0n) is 17.6. The van der Waals surface area contributed by atoms with Crippen LogP contribution in [0, 0.1) is 5.92 Å². The van der Waals surface area contributed by atoms with Gasteiger partial charge in [-0.05, 0) is 49.3 Å². The van der Waals surface area contributed by atoms with E-state index in [1.54, 1.807) is 29.2 Å². The van der Waals surface area contributed by atoms with E-state index >= 15 is 0 Å². The van der Waals surface area contributed by atoms with E-state index in [0.717, 1.165) is 6.42 Å². The van der Waals surface area contributed by atoms with E-state index in [1.165, 1.54) is 11.3 Å². The van der Waals surface area contributed by atoms with E-state index in [-0.39, 0.29) is 30.4 Å². The maximum atomic E-state index is 13.2. The van der Waals surface area contributed by atoms with E-state index in [0.29, 0.717) is 61.0 Å². The molecule has 9 heteroatoms. The fraction of sp³-hybridized carbons (Fsp3) is 0.435. The molecule has 1 aromatic heterocycles. The number of nitrogens with zero attached hydrogens (tertiary/aromatic N) is 2. The van der Waals surface area contributed by atoms with Gasteiger partial charge in [0, 0.05) is 37.3 Å². The number of piperidine rings is 1. The lowest BCUT2D eigenvalue weighted by atomic mass is 9.95. The lowest BCUT2D eigenvalue weighted by Gasteiger charge is -2.35. The monoisotopic (exact) mass is 455 g/mol. The van der Waals surface area contributed by atoms with Crippen LogP contribution in [0.5, 0.6) is 11.5 Å². The van der Waals surface area contributed by atoms with Gasteiger partial charge in [-0.2, -0.15) is 0 Å². The molecule has 0 radical (unpaired) electrons. The summed E-state index contributed by atoms with van der Waals surface area (Å²) < 4.78 is 10.7. The maximum absolute atomic E-state index is 13.2. The molecule has 0 unspecified atom stereocenters. The molecule has 0 spiro atoms. The quantitative estimate of drug-likeness (QED) is 0.766. The van der Waals surface area contributed by atoms with Crippen molar-refractivity contribution in [1.29, 1.82) is 0 Å². The highest BCUT2D eigenvalue weighted by Gasteiger charge is 2.38. The number of amides is 3. The first-order valence-electron chi connectivity index (χ1n) is 10.9. The van der Waals surface area contributed by atoms with Gasteiger partial charge in [-0.15, -0.1) is 11.3 Å². The Bertz CT molecular complexity index is 1020. The van der Waals surface area contributed by atoms with Crippen molar-refractivity contribution < 1.29 is 23.9 Å². The zero-order chi connectivity index (χ0) is 22.1. The van der Waals surface area contributed by atoms with Crippen LogP contribution in [-0.2, 0) is 9.59 Å². The molecule has 32 heavy (non-hydrogen) atoms. The number of ether oxygens (including phenoxy) is 2. The highest BCUT2D eigenvalue weighted by molar-refractivity contribution is 7.12. The molecule has 5 rings (SSSR count). The first kappa shape index (κ1) is 20.8. The molecule has 168 valence electrons. The van der Waals surface area contributed by atoms with Gasteiger partial charge in [0.05, 0.1) is 4.88 Å². The Kier molecular flexibility index (Phi) is 5.73. The minimum atomic E-state index is -0.399. The van der Waals surface area contributed by atoms with Crippen molar-refractivity contribution in [2.24, 2.45) is 5.92 Å². The summed E-state index contributed by atoms with van der Waals surface area (Å²) in [6.07, 6.45) is 2.74. The van der Waals surface area contributed by atoms with Crippen molar-refractivity contribution in [3.8, 4) is 11.5 Å². The predicted octanol–water partition coefficient (Wildman–Crippen LogP) is 2.96. The van der Waals surface area contributed by atoms with Crippen LogP contribution in [0.15, 0.2) is 35.7 Å². The van der Waals surface area contributed by atoms with Gasteiger partial charge in [0.25, 0.3) is 5.91 Å². The van der Waals surface area contributed by atoms with E-state index in [4.69, 9.17) is 9.47 Å². The molecule has 3 amide bonds. The second kappa shape index (κ2) is 8.82. The number of benzene rings is 1. The number of rotatable bonds is 4. The Hall–Kier alpha value is -3.07. The molecule has 0 bridgehead atoms. The molecule has 1 aromatic carbocycles. The van der Waals surface area contributed by atoms with Crippen LogP contribution < -0.4 is 14.8 Å². The molecular formula is C23H25N3O5S. The highest BCUT2D eigenvalue weighted by Crippen LogP contribution is 2.34. The third-order valence-electron chi connectivity index (χ3n) is 6.35. The molecule has 4 heterocycles. The minimum absolute atomic E-state index is 0.00188. The first-order valence-corrected chi connectivity index (χ1v) is 11.8. The summed E-state index contributed by atoms with van der Waals surface area (Å²) in [7, 11) is 0. The number of nitrogens with one attached hydrogen (secondary N) is 1. The van der Waals surface area contributed by atoms with Crippen molar-refractivity contribution in [2.75, 3.05) is 31.7 Å². The molecule has 3 aliphatic heterocycles. The summed E-state index contributed by atoms with van der Waals surface area (Å²) in [6, 6.07) is 8.59. The second-order valence-corrected chi connectivity index (χ2v) is 9.24. The normalized spacial score (nSPS) is 20.4. The van der Waals surface area contributed by atoms with Crippen LogP contribution in [0.4, 0.5) is 5.69 Å². The summed E-state index contributed by atoms with van der Waals surface area (Å²) >= 11 is 1.40. The Balaban J connectivity index is 1.16. The van der Waals surface area contributed by atoms with Gasteiger partial charge >= 0.3 is 0 Å². The summed E-state index contributed by atoms with van der Waals surface area (Å²) in [6.45, 7) is 1.85. The Morgan fingerprint density at radius 3 is 2.59 bits per heavy atom. The molecule has 3 aliphatic rings. The third-order valence-corrected chi connectivity index (χ3v) is 7.21. The van der Waals surface area contributed by atoms with E-state index < -0.39 is 6.04 Å². The number of thiophene rings is 1. The van der Waals surface area contributed by atoms with Gasteiger partial charge in [-0.3, -0.25) is 14.4 Å². The van der Waals surface area contributed by atoms with Gasteiger partial charge in [-0.25, -0.2) is 0 Å². The van der Waals surface area contributed by atoms with Crippen LogP contribution in [0.25, 0.3) is 0 Å². The fourth-order valence-electron chi connectivity index (χ4n) is 4.60. The number of fused-ring (bicyclic) bond motifs is 1. The average molecular weight is 456 g/mol. The first-order chi connectivity index (χ1) is 15.6. The lowest BCUT2D eigenvalue weighted by Crippen LogP contribution is -2.50. The Morgan fingerprint density at radius 1 is 1.00 bits per heavy atom. The molecule has 2 saturated heterocycles. The lowest BCUT2D eigenvalue weighted by molar-refractivity contribution is -0.138. The number of anilines is 1. The maximum Gasteiger partial charge on any atom is 0.264 e. The van der Waals surface area contributed by atoms with Crippen molar-refractivity contribution in [2.45, 2.75) is 31.7 Å². The molecule has 2 fully saturated rings. The highest BCUT2D eigenvalue weighted by atomic mass is 32.1. The summed E-state index contributed by atoms with van der Waals surface area (Å²) in [5.41, 5.74) is 0.673. The van der Waals surface area contributed by atoms with E-state index in [9.17, 15) is 14.4 Å². The van der Waals surface area contributed by atoms with Gasteiger partial charge < -0.3 is 24.6 Å². The predicted molar refractivity (Wildman–Crippen MR) is 119 cm³/mol. The third kappa shape index (κ3) is 4.04. The molecule has 0 saturated carbocycles. The molecule has 8 nitrogen and oxygen atoms in total. The number of carbonyl (C=O) groups excluding carboxylic acids is 3. The zero-order valence-corrected chi connectivity index (χ0v) is 18.4. The van der Waals surface area contributed by atoms with Crippen LogP contribution in [0.2, 0.25) is 0 Å². The molecule has 2 aromatic rings. The number of carbonyl (C=O) groups is 3. The Labute approximate surface area is 190 Å². The Morgan fingerprint density at radius 2 is 1.81 bits per heavy atom. The van der Waals surface area contributed by atoms with Crippen molar-refractivity contribution in [1.82, 2.24) is 9.80 Å².